The van der Waals surface area contributed by atoms with E-state index in [0.29, 0.717) is 6.54 Å². The monoisotopic (exact) mass is 204 g/mol. The van der Waals surface area contributed by atoms with Gasteiger partial charge in [-0.05, 0) is 29.5 Å². The maximum atomic E-state index is 5.58. The zero-order valence-electron chi connectivity index (χ0n) is 9.61. The van der Waals surface area contributed by atoms with Gasteiger partial charge in [-0.25, -0.2) is 0 Å². The van der Waals surface area contributed by atoms with E-state index >= 15 is 0 Å². The zero-order chi connectivity index (χ0) is 10.8. The Morgan fingerprint density at radius 3 is 2.13 bits per heavy atom. The molecule has 0 radical (unpaired) electrons. The average Bonchev–Trinajstić information content (AvgIpc) is 2.59. The van der Waals surface area contributed by atoms with Crippen LogP contribution in [0.5, 0.6) is 0 Å². The summed E-state index contributed by atoms with van der Waals surface area (Å²) in [5.41, 5.74) is 8.13. The van der Waals surface area contributed by atoms with E-state index in [0.717, 1.165) is 11.8 Å². The summed E-state index contributed by atoms with van der Waals surface area (Å²) < 4.78 is 0. The van der Waals surface area contributed by atoms with Gasteiger partial charge in [0.1, 0.15) is 0 Å². The lowest BCUT2D eigenvalue weighted by Gasteiger charge is -2.18. The molecule has 2 N–H and O–H groups in total. The summed E-state index contributed by atoms with van der Waals surface area (Å²) in [4.78, 5) is 2.47. The topological polar surface area (TPSA) is 29.3 Å². The molecular formula is C13H20N2. The van der Waals surface area contributed by atoms with Crippen LogP contribution in [-0.4, -0.2) is 13.1 Å². The molecule has 1 fully saturated rings. The van der Waals surface area contributed by atoms with E-state index in [-0.39, 0.29) is 0 Å². The predicted octanol–water partition coefficient (Wildman–Crippen LogP) is 2.24. The van der Waals surface area contributed by atoms with E-state index in [4.69, 9.17) is 5.73 Å². The Labute approximate surface area is 92.1 Å². The summed E-state index contributed by atoms with van der Waals surface area (Å²) in [7, 11) is 0. The number of hydrogen-bond acceptors (Lipinski definition) is 2. The van der Waals surface area contributed by atoms with Crippen molar-refractivity contribution in [1.82, 2.24) is 0 Å². The second-order valence-corrected chi connectivity index (χ2v) is 4.73. The van der Waals surface area contributed by atoms with Crippen molar-refractivity contribution >= 4 is 5.69 Å². The highest BCUT2D eigenvalue weighted by atomic mass is 15.2. The highest BCUT2D eigenvalue weighted by molar-refractivity contribution is 5.48. The molecule has 2 unspecified atom stereocenters. The molecule has 2 heteroatoms. The predicted molar refractivity (Wildman–Crippen MR) is 64.9 cm³/mol. The first kappa shape index (κ1) is 10.5. The Bertz CT molecular complexity index is 308. The lowest BCUT2D eigenvalue weighted by atomic mass is 10.0. The molecule has 1 aliphatic heterocycles. The molecule has 1 saturated heterocycles. The van der Waals surface area contributed by atoms with Gasteiger partial charge < -0.3 is 10.6 Å². The molecule has 0 aliphatic carbocycles. The van der Waals surface area contributed by atoms with Crippen molar-refractivity contribution in [1.29, 1.82) is 0 Å². The molecule has 2 nitrogen and oxygen atoms in total. The Kier molecular flexibility index (Phi) is 2.96. The molecule has 0 aromatic heterocycles. The number of anilines is 1. The summed E-state index contributed by atoms with van der Waals surface area (Å²) in [5.74, 6) is 1.61. The number of rotatable bonds is 2. The maximum absolute atomic E-state index is 5.58. The van der Waals surface area contributed by atoms with Crippen molar-refractivity contribution in [3.8, 4) is 0 Å². The van der Waals surface area contributed by atoms with Crippen LogP contribution in [0.3, 0.4) is 0 Å². The zero-order valence-corrected chi connectivity index (χ0v) is 9.61. The van der Waals surface area contributed by atoms with Gasteiger partial charge in [0, 0.05) is 25.3 Å². The van der Waals surface area contributed by atoms with Gasteiger partial charge in [0.25, 0.3) is 0 Å². The van der Waals surface area contributed by atoms with Gasteiger partial charge in [-0.1, -0.05) is 26.0 Å². The Morgan fingerprint density at radius 1 is 1.13 bits per heavy atom. The first-order chi connectivity index (χ1) is 7.20. The maximum Gasteiger partial charge on any atom is 0.0366 e. The summed E-state index contributed by atoms with van der Waals surface area (Å²) in [6, 6.07) is 8.63. The van der Waals surface area contributed by atoms with Crippen LogP contribution >= 0.6 is 0 Å². The fourth-order valence-corrected chi connectivity index (χ4v) is 2.18. The molecule has 1 aromatic rings. The molecule has 82 valence electrons. The Morgan fingerprint density at radius 2 is 1.67 bits per heavy atom. The van der Waals surface area contributed by atoms with Gasteiger partial charge in [-0.15, -0.1) is 0 Å². The summed E-state index contributed by atoms with van der Waals surface area (Å²) in [5, 5.41) is 0. The van der Waals surface area contributed by atoms with E-state index in [1.165, 1.54) is 24.3 Å². The quantitative estimate of drug-likeness (QED) is 0.800. The van der Waals surface area contributed by atoms with Gasteiger partial charge in [0.05, 0.1) is 0 Å². The van der Waals surface area contributed by atoms with Crippen LogP contribution in [0.15, 0.2) is 24.3 Å². The van der Waals surface area contributed by atoms with Gasteiger partial charge >= 0.3 is 0 Å². The minimum absolute atomic E-state index is 0.632. The fourth-order valence-electron chi connectivity index (χ4n) is 2.18. The van der Waals surface area contributed by atoms with Crippen molar-refractivity contribution in [2.24, 2.45) is 17.6 Å². The average molecular weight is 204 g/mol. The molecule has 0 spiro atoms. The number of benzene rings is 1. The smallest absolute Gasteiger partial charge is 0.0366 e. The number of hydrogen-bond donors (Lipinski definition) is 1. The SMILES string of the molecule is CC1CN(c2ccc(CN)cc2)CC1C. The summed E-state index contributed by atoms with van der Waals surface area (Å²) in [6.07, 6.45) is 0. The molecule has 15 heavy (non-hydrogen) atoms. The standard InChI is InChI=1S/C13H20N2/c1-10-8-15(9-11(10)2)13-5-3-12(7-14)4-6-13/h3-6,10-11H,7-9,14H2,1-2H3. The first-order valence-electron chi connectivity index (χ1n) is 5.74. The molecule has 2 atom stereocenters. The van der Waals surface area contributed by atoms with Crippen LogP contribution < -0.4 is 10.6 Å². The molecule has 2 rings (SSSR count). The third kappa shape index (κ3) is 2.15. The molecule has 1 aromatic carbocycles. The third-order valence-electron chi connectivity index (χ3n) is 3.53. The number of nitrogens with two attached hydrogens (primary N) is 1. The molecular weight excluding hydrogens is 184 g/mol. The van der Waals surface area contributed by atoms with Crippen LogP contribution in [-0.2, 0) is 6.54 Å². The highest BCUT2D eigenvalue weighted by Crippen LogP contribution is 2.27. The van der Waals surface area contributed by atoms with Crippen LogP contribution in [0.1, 0.15) is 19.4 Å². The minimum Gasteiger partial charge on any atom is -0.371 e. The lowest BCUT2D eigenvalue weighted by Crippen LogP contribution is -2.19. The van der Waals surface area contributed by atoms with E-state index in [1.54, 1.807) is 0 Å². The molecule has 1 aliphatic rings. The Hall–Kier alpha value is -1.02. The van der Waals surface area contributed by atoms with E-state index in [1.807, 2.05) is 0 Å². The second kappa shape index (κ2) is 4.23. The van der Waals surface area contributed by atoms with Crippen LogP contribution in [0, 0.1) is 11.8 Å². The van der Waals surface area contributed by atoms with Gasteiger partial charge in [-0.2, -0.15) is 0 Å². The number of nitrogens with zero attached hydrogens (tertiary/aromatic N) is 1. The minimum atomic E-state index is 0.632. The second-order valence-electron chi connectivity index (χ2n) is 4.73. The molecule has 0 saturated carbocycles. The summed E-state index contributed by atoms with van der Waals surface area (Å²) >= 11 is 0. The van der Waals surface area contributed by atoms with E-state index in [9.17, 15) is 0 Å². The molecule has 0 bridgehead atoms. The van der Waals surface area contributed by atoms with Crippen LogP contribution in [0.2, 0.25) is 0 Å². The van der Waals surface area contributed by atoms with Crippen molar-refractivity contribution in [3.63, 3.8) is 0 Å². The van der Waals surface area contributed by atoms with Gasteiger partial charge in [0.2, 0.25) is 0 Å². The normalized spacial score (nSPS) is 25.9. The lowest BCUT2D eigenvalue weighted by molar-refractivity contribution is 0.494. The van der Waals surface area contributed by atoms with Crippen molar-refractivity contribution < 1.29 is 0 Å². The fraction of sp³-hybridized carbons (Fsp3) is 0.538. The van der Waals surface area contributed by atoms with E-state index < -0.39 is 0 Å². The van der Waals surface area contributed by atoms with Gasteiger partial charge in [-0.3, -0.25) is 0 Å². The highest BCUT2D eigenvalue weighted by Gasteiger charge is 2.25. The van der Waals surface area contributed by atoms with Crippen LogP contribution in [0.4, 0.5) is 5.69 Å². The van der Waals surface area contributed by atoms with Crippen LogP contribution in [0.25, 0.3) is 0 Å². The third-order valence-corrected chi connectivity index (χ3v) is 3.53. The van der Waals surface area contributed by atoms with Crippen molar-refractivity contribution in [2.45, 2.75) is 20.4 Å². The molecule has 0 amide bonds. The molecule has 1 heterocycles. The van der Waals surface area contributed by atoms with E-state index in [2.05, 4.69) is 43.0 Å². The van der Waals surface area contributed by atoms with Crippen molar-refractivity contribution in [3.05, 3.63) is 29.8 Å². The largest absolute Gasteiger partial charge is 0.371 e. The summed E-state index contributed by atoms with van der Waals surface area (Å²) in [6.45, 7) is 7.66. The first-order valence-corrected chi connectivity index (χ1v) is 5.74. The Balaban J connectivity index is 2.10. The van der Waals surface area contributed by atoms with Crippen molar-refractivity contribution in [2.75, 3.05) is 18.0 Å². The van der Waals surface area contributed by atoms with Gasteiger partial charge in [0.15, 0.2) is 0 Å².